The molecule has 21 heavy (non-hydrogen) atoms. The van der Waals surface area contributed by atoms with Gasteiger partial charge < -0.3 is 5.11 Å². The van der Waals surface area contributed by atoms with Gasteiger partial charge in [-0.25, -0.2) is 8.42 Å². The molecule has 1 fully saturated rings. The van der Waals surface area contributed by atoms with Crippen LogP contribution in [0.2, 0.25) is 4.34 Å². The first-order valence-electron chi connectivity index (χ1n) is 5.84. The number of sulfonamides is 1. The number of halogens is 1. The molecule has 0 saturated carbocycles. The van der Waals surface area contributed by atoms with E-state index in [0.29, 0.717) is 11.3 Å². The lowest BCUT2D eigenvalue weighted by Gasteiger charge is -2.21. The van der Waals surface area contributed by atoms with Crippen molar-refractivity contribution in [1.82, 2.24) is 4.31 Å². The number of rotatable bonds is 4. The van der Waals surface area contributed by atoms with Crippen molar-refractivity contribution >= 4 is 44.6 Å². The lowest BCUT2D eigenvalue weighted by molar-refractivity contribution is -0.384. The topological polar surface area (TPSA) is 118 Å². The number of nitrogens with zero attached hydrogens (tertiary/aromatic N) is 2. The first-order valence-corrected chi connectivity index (χ1v) is 8.48. The van der Waals surface area contributed by atoms with Crippen LogP contribution in [0.1, 0.15) is 13.3 Å². The minimum absolute atomic E-state index is 0.0593. The van der Waals surface area contributed by atoms with Crippen LogP contribution < -0.4 is 0 Å². The zero-order chi connectivity index (χ0) is 15.9. The van der Waals surface area contributed by atoms with Crippen LogP contribution in [-0.2, 0) is 14.8 Å². The van der Waals surface area contributed by atoms with Crippen LogP contribution in [0, 0.1) is 16.0 Å². The number of thiophene rings is 1. The van der Waals surface area contributed by atoms with Crippen LogP contribution in [0.3, 0.4) is 0 Å². The van der Waals surface area contributed by atoms with Gasteiger partial charge in [0.05, 0.1) is 10.8 Å². The number of carboxylic acids is 1. The Bertz CT molecular complexity index is 700. The molecule has 0 amide bonds. The molecule has 0 aliphatic carbocycles. The molecular weight excluding hydrogens is 344 g/mol. The van der Waals surface area contributed by atoms with Gasteiger partial charge in [0.1, 0.15) is 4.21 Å². The van der Waals surface area contributed by atoms with E-state index in [4.69, 9.17) is 16.7 Å². The number of nitro groups is 1. The molecule has 1 aliphatic rings. The zero-order valence-corrected chi connectivity index (χ0v) is 13.1. The molecule has 2 rings (SSSR count). The molecule has 1 N–H and O–H groups in total. The first-order chi connectivity index (χ1) is 9.66. The zero-order valence-electron chi connectivity index (χ0n) is 10.7. The molecule has 0 spiro atoms. The Kier molecular flexibility index (Phi) is 4.24. The van der Waals surface area contributed by atoms with E-state index in [1.165, 1.54) is 6.92 Å². The van der Waals surface area contributed by atoms with E-state index in [1.807, 2.05) is 0 Å². The summed E-state index contributed by atoms with van der Waals surface area (Å²) in [6, 6.07) is 0.191. The predicted molar refractivity (Wildman–Crippen MR) is 75.1 cm³/mol. The van der Waals surface area contributed by atoms with Gasteiger partial charge >= 0.3 is 5.97 Å². The fraction of sp³-hybridized carbons (Fsp3) is 0.500. The molecule has 11 heteroatoms. The van der Waals surface area contributed by atoms with E-state index < -0.39 is 38.6 Å². The van der Waals surface area contributed by atoms with Crippen molar-refractivity contribution in [2.45, 2.75) is 23.6 Å². The van der Waals surface area contributed by atoms with E-state index in [9.17, 15) is 23.3 Å². The smallest absolute Gasteiger partial charge is 0.308 e. The third-order valence-electron chi connectivity index (χ3n) is 3.42. The predicted octanol–water partition coefficient (Wildman–Crippen LogP) is 1.79. The maximum Gasteiger partial charge on any atom is 0.308 e. The van der Waals surface area contributed by atoms with Gasteiger partial charge in [-0.2, -0.15) is 4.31 Å². The van der Waals surface area contributed by atoms with Gasteiger partial charge in [0.2, 0.25) is 0 Å². The Morgan fingerprint density at radius 1 is 1.62 bits per heavy atom. The van der Waals surface area contributed by atoms with Crippen LogP contribution in [0.5, 0.6) is 0 Å². The highest BCUT2D eigenvalue weighted by atomic mass is 35.5. The number of aliphatic carboxylic acids is 1. The Morgan fingerprint density at radius 2 is 2.24 bits per heavy atom. The molecule has 2 atom stereocenters. The van der Waals surface area contributed by atoms with E-state index in [-0.39, 0.29) is 21.5 Å². The van der Waals surface area contributed by atoms with Gasteiger partial charge in [0, 0.05) is 18.7 Å². The van der Waals surface area contributed by atoms with Gasteiger partial charge in [0.15, 0.2) is 4.34 Å². The van der Waals surface area contributed by atoms with Crippen LogP contribution in [0.4, 0.5) is 5.69 Å². The fourth-order valence-corrected chi connectivity index (χ4v) is 5.76. The van der Waals surface area contributed by atoms with Crippen molar-refractivity contribution in [3.8, 4) is 0 Å². The Balaban J connectivity index is 2.37. The summed E-state index contributed by atoms with van der Waals surface area (Å²) in [5.41, 5.74) is -0.470. The van der Waals surface area contributed by atoms with Gasteiger partial charge in [0.25, 0.3) is 15.7 Å². The van der Waals surface area contributed by atoms with Gasteiger partial charge in [-0.3, -0.25) is 14.9 Å². The van der Waals surface area contributed by atoms with Crippen molar-refractivity contribution in [2.24, 2.45) is 5.92 Å². The summed E-state index contributed by atoms with van der Waals surface area (Å²) in [6.45, 7) is 1.57. The lowest BCUT2D eigenvalue weighted by Crippen LogP contribution is -2.37. The minimum Gasteiger partial charge on any atom is -0.481 e. The summed E-state index contributed by atoms with van der Waals surface area (Å²) in [6.07, 6.45) is 0.205. The van der Waals surface area contributed by atoms with E-state index in [1.54, 1.807) is 0 Å². The molecule has 8 nitrogen and oxygen atoms in total. The summed E-state index contributed by atoms with van der Waals surface area (Å²) in [7, 11) is -3.99. The summed E-state index contributed by atoms with van der Waals surface area (Å²) in [5.74, 6) is -1.85. The monoisotopic (exact) mass is 354 g/mol. The standard InChI is InChI=1S/C10H11ClN2O6S2/c1-5-6(10(14)15)2-3-12(5)21(18,19)8-4-7(13(16)17)9(11)20-8/h4-6H,2-3H2,1H3,(H,14,15). The highest BCUT2D eigenvalue weighted by Gasteiger charge is 2.43. The number of hydrogen-bond acceptors (Lipinski definition) is 6. The maximum absolute atomic E-state index is 12.5. The first kappa shape index (κ1) is 16.1. The van der Waals surface area contributed by atoms with E-state index in [2.05, 4.69) is 0 Å². The quantitative estimate of drug-likeness (QED) is 0.650. The number of hydrogen-bond donors (Lipinski definition) is 1. The van der Waals surface area contributed by atoms with Crippen molar-refractivity contribution in [1.29, 1.82) is 0 Å². The van der Waals surface area contributed by atoms with Crippen molar-refractivity contribution < 1.29 is 23.2 Å². The van der Waals surface area contributed by atoms with Gasteiger partial charge in [-0.15, -0.1) is 11.3 Å². The van der Waals surface area contributed by atoms with Crippen LogP contribution in [-0.4, -0.2) is 41.3 Å². The fourth-order valence-electron chi connectivity index (χ4n) is 2.29. The number of carbonyl (C=O) groups is 1. The molecule has 0 radical (unpaired) electrons. The molecule has 1 aromatic rings. The van der Waals surface area contributed by atoms with Gasteiger partial charge in [-0.1, -0.05) is 11.6 Å². The molecule has 1 aromatic heterocycles. The van der Waals surface area contributed by atoms with E-state index in [0.717, 1.165) is 10.4 Å². The normalized spacial score (nSPS) is 23.3. The van der Waals surface area contributed by atoms with Crippen molar-refractivity contribution in [3.05, 3.63) is 20.5 Å². The second-order valence-electron chi connectivity index (χ2n) is 4.57. The summed E-state index contributed by atoms with van der Waals surface area (Å²) in [4.78, 5) is 21.0. The average Bonchev–Trinajstić information content (AvgIpc) is 2.92. The molecule has 2 heterocycles. The van der Waals surface area contributed by atoms with E-state index >= 15 is 0 Å². The van der Waals surface area contributed by atoms with Crippen LogP contribution >= 0.6 is 22.9 Å². The average molecular weight is 355 g/mol. The Hall–Kier alpha value is -1.23. The van der Waals surface area contributed by atoms with Crippen LogP contribution in [0.25, 0.3) is 0 Å². The third-order valence-corrected chi connectivity index (χ3v) is 7.19. The third kappa shape index (κ3) is 2.76. The largest absolute Gasteiger partial charge is 0.481 e. The van der Waals surface area contributed by atoms with Crippen LogP contribution in [0.15, 0.2) is 10.3 Å². The summed E-state index contributed by atoms with van der Waals surface area (Å²) < 4.78 is 25.5. The second kappa shape index (κ2) is 5.52. The molecule has 1 aliphatic heterocycles. The maximum atomic E-state index is 12.5. The summed E-state index contributed by atoms with van der Waals surface area (Å²) >= 11 is 6.26. The Labute approximate surface area is 129 Å². The molecule has 116 valence electrons. The number of carboxylic acid groups (broad SMARTS) is 1. The minimum atomic E-state index is -3.99. The molecule has 1 saturated heterocycles. The lowest BCUT2D eigenvalue weighted by atomic mass is 10.0. The van der Waals surface area contributed by atoms with Crippen molar-refractivity contribution in [2.75, 3.05) is 6.54 Å². The second-order valence-corrected chi connectivity index (χ2v) is 8.34. The molecule has 0 aromatic carbocycles. The highest BCUT2D eigenvalue weighted by molar-refractivity contribution is 7.91. The SMILES string of the molecule is CC1C(C(=O)O)CCN1S(=O)(=O)c1cc([N+](=O)[O-])c(Cl)s1. The molecule has 2 unspecified atom stereocenters. The Morgan fingerprint density at radius 3 is 2.67 bits per heavy atom. The summed E-state index contributed by atoms with van der Waals surface area (Å²) in [5, 5.41) is 19.8. The highest BCUT2D eigenvalue weighted by Crippen LogP contribution is 2.39. The van der Waals surface area contributed by atoms with Crippen molar-refractivity contribution in [3.63, 3.8) is 0 Å². The van der Waals surface area contributed by atoms with Gasteiger partial charge in [-0.05, 0) is 13.3 Å². The molecule has 0 bridgehead atoms. The molecular formula is C10H11ClN2O6S2.